The van der Waals surface area contributed by atoms with Crippen LogP contribution in [-0.4, -0.2) is 17.2 Å². The Balaban J connectivity index is 2.01. The molecule has 0 fully saturated rings. The maximum Gasteiger partial charge on any atom is 0.230 e. The fraction of sp³-hybridized carbons (Fsp3) is 0.846. The number of nitrogens with zero attached hydrogens (tertiary/aromatic N) is 2. The first-order valence-corrected chi connectivity index (χ1v) is 6.82. The zero-order valence-corrected chi connectivity index (χ0v) is 11.2. The van der Waals surface area contributed by atoms with E-state index in [-0.39, 0.29) is 0 Å². The van der Waals surface area contributed by atoms with Crippen molar-refractivity contribution in [1.82, 2.24) is 15.5 Å². The van der Waals surface area contributed by atoms with Gasteiger partial charge in [-0.05, 0) is 13.5 Å². The normalized spacial score (nSPS) is 10.9. The third-order valence-corrected chi connectivity index (χ3v) is 2.83. The third-order valence-electron chi connectivity index (χ3n) is 2.83. The number of aromatic nitrogens is 2. The van der Waals surface area contributed by atoms with Gasteiger partial charge in [-0.2, -0.15) is 0 Å². The van der Waals surface area contributed by atoms with E-state index in [0.717, 1.165) is 18.7 Å². The summed E-state index contributed by atoms with van der Waals surface area (Å²) in [6.45, 7) is 2.91. The minimum Gasteiger partial charge on any atom is -0.424 e. The molecule has 0 aliphatic rings. The molecule has 0 aromatic carbocycles. The van der Waals surface area contributed by atoms with Crippen LogP contribution >= 0.6 is 0 Å². The highest BCUT2D eigenvalue weighted by molar-refractivity contribution is 4.81. The van der Waals surface area contributed by atoms with Gasteiger partial charge in [0.05, 0.1) is 6.54 Å². The minimum absolute atomic E-state index is 0.657. The van der Waals surface area contributed by atoms with E-state index in [1.807, 2.05) is 7.05 Å². The van der Waals surface area contributed by atoms with Crippen molar-refractivity contribution in [3.63, 3.8) is 0 Å². The molecular formula is C13H25N3O. The summed E-state index contributed by atoms with van der Waals surface area (Å²) in [6, 6.07) is 0. The second-order valence-corrected chi connectivity index (χ2v) is 4.49. The average Bonchev–Trinajstić information content (AvgIpc) is 2.76. The quantitative estimate of drug-likeness (QED) is 0.637. The molecule has 1 aromatic heterocycles. The SMILES string of the molecule is CCCCCCCCCc1nnc(CNC)o1. The van der Waals surface area contributed by atoms with E-state index in [2.05, 4.69) is 22.4 Å². The van der Waals surface area contributed by atoms with Crippen LogP contribution in [0.25, 0.3) is 0 Å². The average molecular weight is 239 g/mol. The van der Waals surface area contributed by atoms with Gasteiger partial charge in [0.1, 0.15) is 0 Å². The second-order valence-electron chi connectivity index (χ2n) is 4.49. The van der Waals surface area contributed by atoms with Crippen LogP contribution < -0.4 is 5.32 Å². The van der Waals surface area contributed by atoms with Crippen LogP contribution in [0.4, 0.5) is 0 Å². The summed E-state index contributed by atoms with van der Waals surface area (Å²) in [7, 11) is 1.88. The standard InChI is InChI=1S/C13H25N3O/c1-3-4-5-6-7-8-9-10-12-15-16-13(17-12)11-14-2/h14H,3-11H2,1-2H3. The van der Waals surface area contributed by atoms with Gasteiger partial charge in [0.2, 0.25) is 11.8 Å². The van der Waals surface area contributed by atoms with E-state index in [1.54, 1.807) is 0 Å². The van der Waals surface area contributed by atoms with Gasteiger partial charge in [0, 0.05) is 6.42 Å². The maximum absolute atomic E-state index is 5.48. The summed E-state index contributed by atoms with van der Waals surface area (Å²) in [5.74, 6) is 1.47. The molecule has 0 amide bonds. The second kappa shape index (κ2) is 9.16. The number of unbranched alkanes of at least 4 members (excludes halogenated alkanes) is 6. The molecule has 0 atom stereocenters. The molecule has 98 valence electrons. The van der Waals surface area contributed by atoms with Gasteiger partial charge in [0.15, 0.2) is 0 Å². The Bertz CT molecular complexity index is 286. The number of rotatable bonds is 10. The van der Waals surface area contributed by atoms with E-state index < -0.39 is 0 Å². The Morgan fingerprint density at radius 2 is 1.59 bits per heavy atom. The smallest absolute Gasteiger partial charge is 0.230 e. The van der Waals surface area contributed by atoms with E-state index in [1.165, 1.54) is 38.5 Å². The van der Waals surface area contributed by atoms with Crippen LogP contribution in [-0.2, 0) is 13.0 Å². The number of hydrogen-bond acceptors (Lipinski definition) is 4. The summed E-state index contributed by atoms with van der Waals surface area (Å²) < 4.78 is 5.48. The lowest BCUT2D eigenvalue weighted by Crippen LogP contribution is -2.04. The number of hydrogen-bond donors (Lipinski definition) is 1. The van der Waals surface area contributed by atoms with Gasteiger partial charge in [-0.15, -0.1) is 10.2 Å². The van der Waals surface area contributed by atoms with Crippen LogP contribution in [0, 0.1) is 0 Å². The molecule has 1 rings (SSSR count). The van der Waals surface area contributed by atoms with E-state index >= 15 is 0 Å². The lowest BCUT2D eigenvalue weighted by atomic mass is 10.1. The van der Waals surface area contributed by atoms with Crippen molar-refractivity contribution < 1.29 is 4.42 Å². The van der Waals surface area contributed by atoms with Crippen molar-refractivity contribution in [2.24, 2.45) is 0 Å². The Kier molecular flexibility index (Phi) is 7.63. The third kappa shape index (κ3) is 6.41. The molecule has 0 aliphatic heterocycles. The first-order chi connectivity index (χ1) is 8.36. The Morgan fingerprint density at radius 3 is 2.29 bits per heavy atom. The highest BCUT2D eigenvalue weighted by Crippen LogP contribution is 2.10. The Hall–Kier alpha value is -0.900. The molecule has 0 unspecified atom stereocenters. The van der Waals surface area contributed by atoms with Gasteiger partial charge in [-0.25, -0.2) is 0 Å². The molecule has 1 N–H and O–H groups in total. The molecule has 4 nitrogen and oxygen atoms in total. The minimum atomic E-state index is 0.657. The first kappa shape index (κ1) is 14.2. The molecule has 1 heterocycles. The lowest BCUT2D eigenvalue weighted by Gasteiger charge is -1.99. The lowest BCUT2D eigenvalue weighted by molar-refractivity contribution is 0.431. The summed E-state index contributed by atoms with van der Waals surface area (Å²) in [6.07, 6.45) is 10.1. The van der Waals surface area contributed by atoms with Crippen molar-refractivity contribution in [3.05, 3.63) is 11.8 Å². The number of aryl methyl sites for hydroxylation is 1. The molecule has 1 aromatic rings. The van der Waals surface area contributed by atoms with E-state index in [9.17, 15) is 0 Å². The van der Waals surface area contributed by atoms with Gasteiger partial charge in [-0.3, -0.25) is 0 Å². The van der Waals surface area contributed by atoms with Crippen molar-refractivity contribution in [3.8, 4) is 0 Å². The van der Waals surface area contributed by atoms with Crippen molar-refractivity contribution in [2.45, 2.75) is 64.8 Å². The monoisotopic (exact) mass is 239 g/mol. The molecule has 0 spiro atoms. The molecule has 4 heteroatoms. The van der Waals surface area contributed by atoms with Crippen LogP contribution in [0.5, 0.6) is 0 Å². The zero-order valence-electron chi connectivity index (χ0n) is 11.2. The Morgan fingerprint density at radius 1 is 0.941 bits per heavy atom. The topological polar surface area (TPSA) is 51.0 Å². The fourth-order valence-electron chi connectivity index (χ4n) is 1.85. The first-order valence-electron chi connectivity index (χ1n) is 6.82. The van der Waals surface area contributed by atoms with Gasteiger partial charge >= 0.3 is 0 Å². The zero-order chi connectivity index (χ0) is 12.3. The summed E-state index contributed by atoms with van der Waals surface area (Å²) in [5, 5.41) is 11.0. The van der Waals surface area contributed by atoms with Crippen molar-refractivity contribution in [1.29, 1.82) is 0 Å². The maximum atomic E-state index is 5.48. The molecule has 0 aliphatic carbocycles. The highest BCUT2D eigenvalue weighted by Gasteiger charge is 2.04. The predicted molar refractivity (Wildman–Crippen MR) is 68.8 cm³/mol. The highest BCUT2D eigenvalue weighted by atomic mass is 16.4. The molecular weight excluding hydrogens is 214 g/mol. The van der Waals surface area contributed by atoms with Gasteiger partial charge in [0.25, 0.3) is 0 Å². The summed E-state index contributed by atoms with van der Waals surface area (Å²) in [4.78, 5) is 0. The molecule has 0 bridgehead atoms. The molecule has 0 radical (unpaired) electrons. The summed E-state index contributed by atoms with van der Waals surface area (Å²) >= 11 is 0. The molecule has 0 saturated heterocycles. The number of nitrogens with one attached hydrogen (secondary N) is 1. The fourth-order valence-corrected chi connectivity index (χ4v) is 1.85. The van der Waals surface area contributed by atoms with Crippen LogP contribution in [0.15, 0.2) is 4.42 Å². The van der Waals surface area contributed by atoms with Crippen LogP contribution in [0.2, 0.25) is 0 Å². The van der Waals surface area contributed by atoms with E-state index in [4.69, 9.17) is 4.42 Å². The summed E-state index contributed by atoms with van der Waals surface area (Å²) in [5.41, 5.74) is 0. The Labute approximate surface area is 104 Å². The van der Waals surface area contributed by atoms with E-state index in [0.29, 0.717) is 12.4 Å². The van der Waals surface area contributed by atoms with Crippen LogP contribution in [0.1, 0.15) is 63.7 Å². The van der Waals surface area contributed by atoms with Gasteiger partial charge in [-0.1, -0.05) is 45.4 Å². The van der Waals surface area contributed by atoms with Crippen molar-refractivity contribution in [2.75, 3.05) is 7.05 Å². The van der Waals surface area contributed by atoms with Crippen LogP contribution in [0.3, 0.4) is 0 Å². The predicted octanol–water partition coefficient (Wildman–Crippen LogP) is 3.08. The molecule has 17 heavy (non-hydrogen) atoms. The molecule has 0 saturated carbocycles. The van der Waals surface area contributed by atoms with Gasteiger partial charge < -0.3 is 9.73 Å². The van der Waals surface area contributed by atoms with Crippen molar-refractivity contribution >= 4 is 0 Å². The largest absolute Gasteiger partial charge is 0.424 e.